The monoisotopic (exact) mass is 224 g/mol. The zero-order valence-electron chi connectivity index (χ0n) is 9.99. The van der Waals surface area contributed by atoms with Gasteiger partial charge in [-0.25, -0.2) is 0 Å². The Kier molecular flexibility index (Phi) is 3.61. The van der Waals surface area contributed by atoms with Gasteiger partial charge in [0.15, 0.2) is 0 Å². The molecule has 0 aromatic carbocycles. The van der Waals surface area contributed by atoms with Crippen LogP contribution < -0.4 is 5.32 Å². The summed E-state index contributed by atoms with van der Waals surface area (Å²) in [5, 5.41) is 17.2. The highest BCUT2D eigenvalue weighted by molar-refractivity contribution is 5.20. The van der Waals surface area contributed by atoms with Crippen LogP contribution in [0.15, 0.2) is 4.52 Å². The fraction of sp³-hybridized carbons (Fsp3) is 0.750. The van der Waals surface area contributed by atoms with E-state index in [-0.39, 0.29) is 12.1 Å². The molecule has 0 aliphatic heterocycles. The number of aliphatic hydroxyl groups excluding tert-OH is 1. The van der Waals surface area contributed by atoms with E-state index in [1.807, 2.05) is 13.8 Å². The lowest BCUT2D eigenvalue weighted by Gasteiger charge is -2.28. The van der Waals surface area contributed by atoms with Crippen LogP contribution in [0, 0.1) is 13.8 Å². The van der Waals surface area contributed by atoms with Crippen molar-refractivity contribution in [2.45, 2.75) is 58.2 Å². The van der Waals surface area contributed by atoms with E-state index < -0.39 is 0 Å². The molecule has 0 amide bonds. The van der Waals surface area contributed by atoms with Crippen molar-refractivity contribution in [1.29, 1.82) is 0 Å². The summed E-state index contributed by atoms with van der Waals surface area (Å²) in [6.45, 7) is 4.61. The highest BCUT2D eigenvalue weighted by Crippen LogP contribution is 2.19. The Bertz CT molecular complexity index is 329. The molecule has 2 rings (SSSR count). The maximum Gasteiger partial charge on any atom is 0.138 e. The molecule has 1 aliphatic rings. The normalized spacial score (nSPS) is 25.9. The predicted molar refractivity (Wildman–Crippen MR) is 61.1 cm³/mol. The Morgan fingerprint density at radius 1 is 1.38 bits per heavy atom. The van der Waals surface area contributed by atoms with E-state index in [1.54, 1.807) is 0 Å². The molecule has 2 atom stereocenters. The molecule has 1 aromatic rings. The molecular weight excluding hydrogens is 204 g/mol. The number of aliphatic hydroxyl groups is 1. The third kappa shape index (κ3) is 2.44. The molecule has 16 heavy (non-hydrogen) atoms. The van der Waals surface area contributed by atoms with Gasteiger partial charge in [-0.05, 0) is 26.7 Å². The van der Waals surface area contributed by atoms with Gasteiger partial charge in [-0.2, -0.15) is 0 Å². The standard InChI is InChI=1S/C12H20N2O2/c1-8-10(9(2)16-14-8)7-13-11-5-3-4-6-12(11)15/h11-13,15H,3-7H2,1-2H3/t11-,12-/m0/s1. The lowest BCUT2D eigenvalue weighted by atomic mass is 9.92. The van der Waals surface area contributed by atoms with Crippen LogP contribution in [0.2, 0.25) is 0 Å². The van der Waals surface area contributed by atoms with E-state index in [0.29, 0.717) is 0 Å². The summed E-state index contributed by atoms with van der Waals surface area (Å²) in [5.41, 5.74) is 2.06. The minimum atomic E-state index is -0.200. The van der Waals surface area contributed by atoms with Gasteiger partial charge in [0.05, 0.1) is 11.8 Å². The van der Waals surface area contributed by atoms with Crippen molar-refractivity contribution in [2.75, 3.05) is 0 Å². The van der Waals surface area contributed by atoms with Crippen LogP contribution in [0.4, 0.5) is 0 Å². The first-order chi connectivity index (χ1) is 7.68. The van der Waals surface area contributed by atoms with Gasteiger partial charge in [0, 0.05) is 18.2 Å². The fourth-order valence-corrected chi connectivity index (χ4v) is 2.34. The first kappa shape index (κ1) is 11.6. The van der Waals surface area contributed by atoms with Gasteiger partial charge in [-0.1, -0.05) is 18.0 Å². The van der Waals surface area contributed by atoms with Crippen LogP contribution in [-0.4, -0.2) is 22.4 Å². The van der Waals surface area contributed by atoms with E-state index in [4.69, 9.17) is 4.52 Å². The van der Waals surface area contributed by atoms with Gasteiger partial charge in [0.25, 0.3) is 0 Å². The summed E-state index contributed by atoms with van der Waals surface area (Å²) in [4.78, 5) is 0. The van der Waals surface area contributed by atoms with Gasteiger partial charge in [0.1, 0.15) is 5.76 Å². The van der Waals surface area contributed by atoms with Crippen molar-refractivity contribution in [2.24, 2.45) is 0 Å². The summed E-state index contributed by atoms with van der Waals surface area (Å²) >= 11 is 0. The molecule has 1 fully saturated rings. The maximum atomic E-state index is 9.83. The van der Waals surface area contributed by atoms with Crippen molar-refractivity contribution < 1.29 is 9.63 Å². The second-order valence-electron chi connectivity index (χ2n) is 4.64. The Morgan fingerprint density at radius 3 is 2.75 bits per heavy atom. The van der Waals surface area contributed by atoms with E-state index in [1.165, 1.54) is 6.42 Å². The Balaban J connectivity index is 1.91. The Morgan fingerprint density at radius 2 is 2.12 bits per heavy atom. The van der Waals surface area contributed by atoms with Crippen molar-refractivity contribution in [3.05, 3.63) is 17.0 Å². The molecule has 4 heteroatoms. The Hall–Kier alpha value is -0.870. The number of aromatic nitrogens is 1. The molecule has 0 saturated heterocycles. The second kappa shape index (κ2) is 4.97. The highest BCUT2D eigenvalue weighted by Gasteiger charge is 2.23. The number of hydrogen-bond donors (Lipinski definition) is 2. The highest BCUT2D eigenvalue weighted by atomic mass is 16.5. The zero-order valence-corrected chi connectivity index (χ0v) is 9.99. The molecule has 0 unspecified atom stereocenters. The molecule has 1 aliphatic carbocycles. The van der Waals surface area contributed by atoms with Crippen LogP contribution in [0.25, 0.3) is 0 Å². The van der Waals surface area contributed by atoms with Crippen LogP contribution >= 0.6 is 0 Å². The quantitative estimate of drug-likeness (QED) is 0.820. The third-order valence-electron chi connectivity index (χ3n) is 3.45. The lowest BCUT2D eigenvalue weighted by Crippen LogP contribution is -2.41. The lowest BCUT2D eigenvalue weighted by molar-refractivity contribution is 0.0902. The van der Waals surface area contributed by atoms with Crippen LogP contribution in [0.5, 0.6) is 0 Å². The van der Waals surface area contributed by atoms with Crippen LogP contribution in [0.1, 0.15) is 42.7 Å². The van der Waals surface area contributed by atoms with Crippen molar-refractivity contribution in [3.63, 3.8) is 0 Å². The first-order valence-corrected chi connectivity index (χ1v) is 6.01. The third-order valence-corrected chi connectivity index (χ3v) is 3.45. The number of nitrogens with one attached hydrogen (secondary N) is 1. The van der Waals surface area contributed by atoms with E-state index in [9.17, 15) is 5.11 Å². The number of rotatable bonds is 3. The van der Waals surface area contributed by atoms with Gasteiger partial charge in [0.2, 0.25) is 0 Å². The molecule has 1 heterocycles. The Labute approximate surface area is 96.0 Å². The SMILES string of the molecule is Cc1noc(C)c1CN[C@H]1CCCC[C@@H]1O. The minimum Gasteiger partial charge on any atom is -0.392 e. The summed E-state index contributed by atoms with van der Waals surface area (Å²) < 4.78 is 5.11. The van der Waals surface area contributed by atoms with E-state index >= 15 is 0 Å². The van der Waals surface area contributed by atoms with Gasteiger partial charge >= 0.3 is 0 Å². The maximum absolute atomic E-state index is 9.83. The van der Waals surface area contributed by atoms with Gasteiger partial charge in [-0.3, -0.25) is 0 Å². The van der Waals surface area contributed by atoms with E-state index in [0.717, 1.165) is 42.8 Å². The number of nitrogens with zero attached hydrogens (tertiary/aromatic N) is 1. The molecule has 4 nitrogen and oxygen atoms in total. The van der Waals surface area contributed by atoms with Crippen LogP contribution in [-0.2, 0) is 6.54 Å². The minimum absolute atomic E-state index is 0.200. The van der Waals surface area contributed by atoms with Crippen LogP contribution in [0.3, 0.4) is 0 Å². The molecule has 1 saturated carbocycles. The van der Waals surface area contributed by atoms with Crippen molar-refractivity contribution in [3.8, 4) is 0 Å². The zero-order chi connectivity index (χ0) is 11.5. The van der Waals surface area contributed by atoms with Gasteiger partial charge < -0.3 is 14.9 Å². The molecule has 1 aromatic heterocycles. The smallest absolute Gasteiger partial charge is 0.138 e. The molecular formula is C12H20N2O2. The molecule has 0 spiro atoms. The predicted octanol–water partition coefficient (Wildman–Crippen LogP) is 1.68. The largest absolute Gasteiger partial charge is 0.392 e. The first-order valence-electron chi connectivity index (χ1n) is 6.01. The molecule has 2 N–H and O–H groups in total. The fourth-order valence-electron chi connectivity index (χ4n) is 2.34. The number of hydrogen-bond acceptors (Lipinski definition) is 4. The number of aryl methyl sites for hydroxylation is 2. The van der Waals surface area contributed by atoms with Gasteiger partial charge in [-0.15, -0.1) is 0 Å². The summed E-state index contributed by atoms with van der Waals surface area (Å²) in [6.07, 6.45) is 4.12. The molecule has 0 radical (unpaired) electrons. The molecule has 0 bridgehead atoms. The summed E-state index contributed by atoms with van der Waals surface area (Å²) in [5.74, 6) is 0.871. The average molecular weight is 224 g/mol. The molecule has 90 valence electrons. The van der Waals surface area contributed by atoms with E-state index in [2.05, 4.69) is 10.5 Å². The van der Waals surface area contributed by atoms with Crippen molar-refractivity contribution >= 4 is 0 Å². The topological polar surface area (TPSA) is 58.3 Å². The summed E-state index contributed by atoms with van der Waals surface area (Å²) in [6, 6.07) is 0.224. The summed E-state index contributed by atoms with van der Waals surface area (Å²) in [7, 11) is 0. The van der Waals surface area contributed by atoms with Crippen molar-refractivity contribution in [1.82, 2.24) is 10.5 Å². The second-order valence-corrected chi connectivity index (χ2v) is 4.64. The average Bonchev–Trinajstić information content (AvgIpc) is 2.58.